The number of hydrogen-bond donors (Lipinski definition) is 0. The van der Waals surface area contributed by atoms with Gasteiger partial charge in [-0.05, 0) is 30.2 Å². The summed E-state index contributed by atoms with van der Waals surface area (Å²) in [6, 6.07) is 12.5. The molecule has 1 fully saturated rings. The predicted molar refractivity (Wildman–Crippen MR) is 93.7 cm³/mol. The van der Waals surface area contributed by atoms with Crippen LogP contribution in [-0.4, -0.2) is 29.7 Å². The highest BCUT2D eigenvalue weighted by Crippen LogP contribution is 2.40. The topological polar surface area (TPSA) is 38.8 Å². The van der Waals surface area contributed by atoms with E-state index in [2.05, 4.69) is 4.74 Å². The molecule has 0 spiro atoms. The largest absolute Gasteiger partial charge is 0.573 e. The van der Waals surface area contributed by atoms with Crippen molar-refractivity contribution in [2.45, 2.75) is 30.7 Å². The molecule has 0 saturated carbocycles. The lowest BCUT2D eigenvalue weighted by atomic mass is 10.0. The number of hydrogen-bond acceptors (Lipinski definition) is 3. The Morgan fingerprint density at radius 2 is 1.81 bits per heavy atom. The second-order valence-corrected chi connectivity index (χ2v) is 6.65. The Balaban J connectivity index is 1.82. The zero-order chi connectivity index (χ0) is 19.6. The maximum Gasteiger partial charge on any atom is 0.573 e. The molecule has 27 heavy (non-hydrogen) atoms. The van der Waals surface area contributed by atoms with E-state index in [-0.39, 0.29) is 24.2 Å². The Kier molecular flexibility index (Phi) is 5.51. The van der Waals surface area contributed by atoms with Crippen molar-refractivity contribution in [2.75, 3.05) is 7.11 Å². The zero-order valence-electron chi connectivity index (χ0n) is 14.4. The maximum absolute atomic E-state index is 12.5. The Morgan fingerprint density at radius 3 is 2.44 bits per heavy atom. The molecule has 1 aliphatic heterocycles. The smallest absolute Gasteiger partial charge is 0.496 e. The number of carbonyl (C=O) groups is 1. The van der Waals surface area contributed by atoms with Crippen LogP contribution in [0, 0.1) is 0 Å². The van der Waals surface area contributed by atoms with Crippen LogP contribution in [0.3, 0.4) is 0 Å². The average molecular weight is 400 g/mol. The van der Waals surface area contributed by atoms with Crippen molar-refractivity contribution in [3.63, 3.8) is 0 Å². The van der Waals surface area contributed by atoms with Crippen molar-refractivity contribution < 1.29 is 27.4 Å². The summed E-state index contributed by atoms with van der Waals surface area (Å²) in [5.41, 5.74) is 1.51. The summed E-state index contributed by atoms with van der Waals surface area (Å²) in [5, 5.41) is -0.659. The molecule has 2 aromatic carbocycles. The molecule has 0 N–H and O–H groups in total. The molecular weight excluding hydrogens is 383 g/mol. The third-order valence-corrected chi connectivity index (χ3v) is 4.73. The van der Waals surface area contributed by atoms with Gasteiger partial charge in [-0.25, -0.2) is 0 Å². The van der Waals surface area contributed by atoms with Crippen molar-refractivity contribution in [1.29, 1.82) is 0 Å². The summed E-state index contributed by atoms with van der Waals surface area (Å²) in [6.45, 7) is 0.219. The van der Waals surface area contributed by atoms with E-state index in [1.54, 1.807) is 12.0 Å². The van der Waals surface area contributed by atoms with Crippen molar-refractivity contribution in [2.24, 2.45) is 0 Å². The van der Waals surface area contributed by atoms with Gasteiger partial charge in [-0.3, -0.25) is 4.79 Å². The Morgan fingerprint density at radius 1 is 1.15 bits per heavy atom. The lowest BCUT2D eigenvalue weighted by molar-refractivity contribution is -0.274. The highest BCUT2D eigenvalue weighted by molar-refractivity contribution is 6.31. The van der Waals surface area contributed by atoms with Gasteiger partial charge < -0.3 is 14.4 Å². The van der Waals surface area contributed by atoms with E-state index in [1.165, 1.54) is 24.3 Å². The number of para-hydroxylation sites is 1. The van der Waals surface area contributed by atoms with E-state index in [0.717, 1.165) is 5.56 Å². The fraction of sp³-hybridized carbons (Fsp3) is 0.316. The van der Waals surface area contributed by atoms with Crippen molar-refractivity contribution >= 4 is 17.5 Å². The summed E-state index contributed by atoms with van der Waals surface area (Å²) in [6.07, 6.45) is -4.32. The number of nitrogens with zero attached hydrogens (tertiary/aromatic N) is 1. The Bertz CT molecular complexity index is 811. The van der Waals surface area contributed by atoms with Crippen LogP contribution in [0.4, 0.5) is 13.2 Å². The number of methoxy groups -OCH3 is 1. The SMILES string of the molecule is COc1ccccc1C1CC(Cl)C(=O)N1Cc1ccc(OC(F)(F)F)cc1. The quantitative estimate of drug-likeness (QED) is 0.685. The number of alkyl halides is 4. The molecule has 3 rings (SSSR count). The van der Waals surface area contributed by atoms with E-state index in [0.29, 0.717) is 17.7 Å². The molecule has 2 aromatic rings. The van der Waals surface area contributed by atoms with Gasteiger partial charge in [0.1, 0.15) is 16.9 Å². The van der Waals surface area contributed by atoms with Crippen molar-refractivity contribution in [1.82, 2.24) is 4.90 Å². The fourth-order valence-corrected chi connectivity index (χ4v) is 3.47. The van der Waals surface area contributed by atoms with Crippen molar-refractivity contribution in [3.8, 4) is 11.5 Å². The van der Waals surface area contributed by atoms with Crippen LogP contribution in [0.25, 0.3) is 0 Å². The van der Waals surface area contributed by atoms with Gasteiger partial charge in [0, 0.05) is 12.1 Å². The molecule has 1 saturated heterocycles. The van der Waals surface area contributed by atoms with E-state index >= 15 is 0 Å². The lowest BCUT2D eigenvalue weighted by Crippen LogP contribution is -2.29. The number of likely N-dealkylation sites (tertiary alicyclic amines) is 1. The van der Waals surface area contributed by atoms with E-state index in [4.69, 9.17) is 16.3 Å². The van der Waals surface area contributed by atoms with E-state index < -0.39 is 11.7 Å². The molecule has 2 unspecified atom stereocenters. The first-order valence-electron chi connectivity index (χ1n) is 8.20. The van der Waals surface area contributed by atoms with Gasteiger partial charge in [0.2, 0.25) is 5.91 Å². The zero-order valence-corrected chi connectivity index (χ0v) is 15.1. The molecule has 0 aromatic heterocycles. The minimum Gasteiger partial charge on any atom is -0.496 e. The standard InChI is InChI=1S/C19H17ClF3NO3/c1-26-17-5-3-2-4-14(17)16-10-15(20)18(25)24(16)11-12-6-8-13(9-7-12)27-19(21,22)23/h2-9,15-16H,10-11H2,1H3. The molecule has 2 atom stereocenters. The summed E-state index contributed by atoms with van der Waals surface area (Å²) >= 11 is 6.18. The van der Waals surface area contributed by atoms with Gasteiger partial charge in [-0.15, -0.1) is 24.8 Å². The summed E-state index contributed by atoms with van der Waals surface area (Å²) < 4.78 is 46.1. The third-order valence-electron chi connectivity index (χ3n) is 4.37. The molecule has 1 aliphatic rings. The first-order valence-corrected chi connectivity index (χ1v) is 8.64. The molecule has 0 radical (unpaired) electrons. The average Bonchev–Trinajstić information content (AvgIpc) is 2.90. The molecular formula is C19H17ClF3NO3. The van der Waals surface area contributed by atoms with Gasteiger partial charge in [0.05, 0.1) is 13.2 Å². The highest BCUT2D eigenvalue weighted by atomic mass is 35.5. The monoisotopic (exact) mass is 399 g/mol. The molecule has 0 bridgehead atoms. The molecule has 1 amide bonds. The number of carbonyl (C=O) groups excluding carboxylic acids is 1. The molecule has 4 nitrogen and oxygen atoms in total. The first kappa shape index (κ1) is 19.4. The number of amides is 1. The van der Waals surface area contributed by atoms with Gasteiger partial charge >= 0.3 is 6.36 Å². The molecule has 1 heterocycles. The van der Waals surface area contributed by atoms with E-state index in [1.807, 2.05) is 24.3 Å². The second-order valence-electron chi connectivity index (χ2n) is 6.12. The molecule has 8 heteroatoms. The molecule has 0 aliphatic carbocycles. The van der Waals surface area contributed by atoms with Crippen molar-refractivity contribution in [3.05, 3.63) is 59.7 Å². The predicted octanol–water partition coefficient (Wildman–Crippen LogP) is 4.67. The first-order chi connectivity index (χ1) is 12.8. The van der Waals surface area contributed by atoms with Crippen LogP contribution in [0.15, 0.2) is 48.5 Å². The third kappa shape index (κ3) is 4.47. The molecule has 144 valence electrons. The maximum atomic E-state index is 12.5. The highest BCUT2D eigenvalue weighted by Gasteiger charge is 2.40. The Labute approximate surface area is 159 Å². The number of benzene rings is 2. The number of halogens is 4. The number of rotatable bonds is 5. The summed E-state index contributed by atoms with van der Waals surface area (Å²) in [5.74, 6) is 0.124. The van der Waals surface area contributed by atoms with Gasteiger partial charge in [0.15, 0.2) is 0 Å². The van der Waals surface area contributed by atoms with Crippen LogP contribution in [0.2, 0.25) is 0 Å². The van der Waals surface area contributed by atoms with Crippen LogP contribution in [-0.2, 0) is 11.3 Å². The van der Waals surface area contributed by atoms with Crippen LogP contribution < -0.4 is 9.47 Å². The number of ether oxygens (including phenoxy) is 2. The minimum atomic E-state index is -4.74. The minimum absolute atomic E-state index is 0.219. The van der Waals surface area contributed by atoms with Crippen LogP contribution in [0.1, 0.15) is 23.6 Å². The van der Waals surface area contributed by atoms with Gasteiger partial charge in [0.25, 0.3) is 0 Å². The van der Waals surface area contributed by atoms with E-state index in [9.17, 15) is 18.0 Å². The van der Waals surface area contributed by atoms with Gasteiger partial charge in [-0.1, -0.05) is 30.3 Å². The van der Waals surface area contributed by atoms with Crippen LogP contribution in [0.5, 0.6) is 11.5 Å². The van der Waals surface area contributed by atoms with Crippen LogP contribution >= 0.6 is 11.6 Å². The summed E-state index contributed by atoms with van der Waals surface area (Å²) in [7, 11) is 1.55. The van der Waals surface area contributed by atoms with Gasteiger partial charge in [-0.2, -0.15) is 0 Å². The normalized spacial score (nSPS) is 20.0. The fourth-order valence-electron chi connectivity index (χ4n) is 3.18. The lowest BCUT2D eigenvalue weighted by Gasteiger charge is -2.26. The second kappa shape index (κ2) is 7.68. The Hall–Kier alpha value is -2.41. The summed E-state index contributed by atoms with van der Waals surface area (Å²) in [4.78, 5) is 14.1.